The van der Waals surface area contributed by atoms with Gasteiger partial charge in [0.15, 0.2) is 0 Å². The van der Waals surface area contributed by atoms with E-state index in [0.717, 1.165) is 38.5 Å². The van der Waals surface area contributed by atoms with Gasteiger partial charge in [-0.05, 0) is 38.0 Å². The fraction of sp³-hybridized carbons (Fsp3) is 0.923. The van der Waals surface area contributed by atoms with Crippen molar-refractivity contribution < 1.29 is 19.4 Å². The van der Waals surface area contributed by atoms with Gasteiger partial charge in [-0.2, -0.15) is 0 Å². The van der Waals surface area contributed by atoms with Crippen molar-refractivity contribution in [2.24, 2.45) is 17.8 Å². The molecule has 1 rings (SSSR count). The summed E-state index contributed by atoms with van der Waals surface area (Å²) in [5, 5.41) is 9.54. The minimum atomic E-state index is -0.837. The first kappa shape index (κ1) is 27.0. The van der Waals surface area contributed by atoms with Gasteiger partial charge in [0.2, 0.25) is 0 Å². The molecule has 0 bridgehead atoms. The van der Waals surface area contributed by atoms with Gasteiger partial charge in [0.05, 0.1) is 11.8 Å². The number of unbranched alkanes of at least 4 members (excludes halogenated alkanes) is 6. The van der Waals surface area contributed by atoms with Gasteiger partial charge in [0, 0.05) is 0 Å². The molecule has 1 fully saturated rings. The van der Waals surface area contributed by atoms with Crippen molar-refractivity contribution in [2.75, 3.05) is 0 Å². The first-order chi connectivity index (χ1) is 14.5. The lowest BCUT2D eigenvalue weighted by Crippen LogP contribution is -2.36. The zero-order valence-corrected chi connectivity index (χ0v) is 20.0. The highest BCUT2D eigenvalue weighted by atomic mass is 16.5. The number of ether oxygens (including phenoxy) is 1. The van der Waals surface area contributed by atoms with E-state index in [0.29, 0.717) is 18.8 Å². The molecule has 1 aliphatic carbocycles. The Kier molecular flexibility index (Phi) is 14.9. The van der Waals surface area contributed by atoms with E-state index in [1.54, 1.807) is 0 Å². The quantitative estimate of drug-likeness (QED) is 0.193. The number of carbonyl (C=O) groups excluding carboxylic acids is 1. The number of hydrogen-bond donors (Lipinski definition) is 1. The summed E-state index contributed by atoms with van der Waals surface area (Å²) in [5.41, 5.74) is 0. The van der Waals surface area contributed by atoms with Gasteiger partial charge in [-0.1, -0.05) is 97.8 Å². The van der Waals surface area contributed by atoms with E-state index in [1.807, 2.05) is 0 Å². The number of carboxylic acids is 1. The van der Waals surface area contributed by atoms with Crippen molar-refractivity contribution in [3.63, 3.8) is 0 Å². The Bertz CT molecular complexity index is 462. The van der Waals surface area contributed by atoms with Crippen LogP contribution in [0.5, 0.6) is 0 Å². The highest BCUT2D eigenvalue weighted by Crippen LogP contribution is 2.33. The molecule has 4 nitrogen and oxygen atoms in total. The summed E-state index contributed by atoms with van der Waals surface area (Å²) >= 11 is 0. The smallest absolute Gasteiger partial charge is 0.310 e. The van der Waals surface area contributed by atoms with Crippen LogP contribution in [-0.4, -0.2) is 23.1 Å². The number of aliphatic carboxylic acids is 1. The maximum Gasteiger partial charge on any atom is 0.310 e. The normalized spacial score (nSPS) is 21.2. The van der Waals surface area contributed by atoms with Crippen LogP contribution in [0, 0.1) is 17.8 Å². The van der Waals surface area contributed by atoms with E-state index in [-0.39, 0.29) is 12.1 Å². The third-order valence-corrected chi connectivity index (χ3v) is 6.81. The highest BCUT2D eigenvalue weighted by Gasteiger charge is 2.37. The lowest BCUT2D eigenvalue weighted by molar-refractivity contribution is -0.164. The molecule has 4 unspecified atom stereocenters. The second kappa shape index (κ2) is 16.6. The molecule has 0 aromatic rings. The monoisotopic (exact) mass is 424 g/mol. The van der Waals surface area contributed by atoms with Gasteiger partial charge in [-0.25, -0.2) is 0 Å². The van der Waals surface area contributed by atoms with E-state index in [1.165, 1.54) is 57.8 Å². The number of carbonyl (C=O) groups is 2. The molecule has 0 spiro atoms. The summed E-state index contributed by atoms with van der Waals surface area (Å²) in [6.07, 6.45) is 18.3. The fourth-order valence-corrected chi connectivity index (χ4v) is 5.00. The van der Waals surface area contributed by atoms with Crippen LogP contribution in [0.15, 0.2) is 0 Å². The number of esters is 1. The van der Waals surface area contributed by atoms with Crippen LogP contribution < -0.4 is 0 Å². The summed E-state index contributed by atoms with van der Waals surface area (Å²) in [4.78, 5) is 24.6. The molecule has 0 radical (unpaired) electrons. The molecular formula is C26H48O4. The van der Waals surface area contributed by atoms with Crippen LogP contribution in [0.25, 0.3) is 0 Å². The molecule has 4 heteroatoms. The van der Waals surface area contributed by atoms with Crippen LogP contribution in [0.4, 0.5) is 0 Å². The van der Waals surface area contributed by atoms with Gasteiger partial charge in [-0.15, -0.1) is 0 Å². The lowest BCUT2D eigenvalue weighted by atomic mass is 9.79. The van der Waals surface area contributed by atoms with Crippen LogP contribution in [0.2, 0.25) is 0 Å². The first-order valence-electron chi connectivity index (χ1n) is 13.0. The molecule has 176 valence electrons. The lowest BCUT2D eigenvalue weighted by Gasteiger charge is -2.30. The van der Waals surface area contributed by atoms with Crippen LogP contribution in [-0.2, 0) is 14.3 Å². The van der Waals surface area contributed by atoms with Crippen molar-refractivity contribution >= 4 is 11.9 Å². The van der Waals surface area contributed by atoms with E-state index < -0.39 is 17.8 Å². The van der Waals surface area contributed by atoms with Crippen LogP contribution in [0.3, 0.4) is 0 Å². The summed E-state index contributed by atoms with van der Waals surface area (Å²) < 4.78 is 6.06. The number of carboxylic acid groups (broad SMARTS) is 1. The summed E-state index contributed by atoms with van der Waals surface area (Å²) in [7, 11) is 0. The van der Waals surface area contributed by atoms with Crippen molar-refractivity contribution in [2.45, 2.75) is 136 Å². The molecule has 1 N–H and O–H groups in total. The van der Waals surface area contributed by atoms with E-state index in [2.05, 4.69) is 20.8 Å². The van der Waals surface area contributed by atoms with Crippen molar-refractivity contribution in [3.05, 3.63) is 0 Å². The Balaban J connectivity index is 2.71. The molecule has 0 amide bonds. The molecule has 0 saturated heterocycles. The predicted octanol–water partition coefficient (Wildman–Crippen LogP) is 7.54. The van der Waals surface area contributed by atoms with Crippen molar-refractivity contribution in [1.29, 1.82) is 0 Å². The van der Waals surface area contributed by atoms with Crippen LogP contribution in [0.1, 0.15) is 130 Å². The third-order valence-electron chi connectivity index (χ3n) is 6.81. The molecule has 1 aliphatic rings. The minimum Gasteiger partial charge on any atom is -0.481 e. The first-order valence-corrected chi connectivity index (χ1v) is 13.0. The Morgan fingerprint density at radius 1 is 0.800 bits per heavy atom. The fourth-order valence-electron chi connectivity index (χ4n) is 5.00. The average molecular weight is 425 g/mol. The standard InChI is InChI=1S/C26H48O4/c1-4-7-9-10-12-17-22(20-21(15-6-3)16-11-8-5-2)30-26(29)24-19-14-13-18-23(24)25(27)28/h21-24H,4-20H2,1-3H3,(H,27,28). The SMILES string of the molecule is CCCCCCCC(CC(CCC)CCCCC)OC(=O)C1CCCCC1C(=O)O. The Morgan fingerprint density at radius 3 is 2.03 bits per heavy atom. The van der Waals surface area contributed by atoms with Gasteiger partial charge >= 0.3 is 11.9 Å². The van der Waals surface area contributed by atoms with Gasteiger partial charge in [-0.3, -0.25) is 9.59 Å². The number of hydrogen-bond acceptors (Lipinski definition) is 3. The molecule has 0 aromatic heterocycles. The third kappa shape index (κ3) is 10.8. The zero-order valence-electron chi connectivity index (χ0n) is 20.0. The molecule has 0 heterocycles. The molecule has 4 atom stereocenters. The average Bonchev–Trinajstić information content (AvgIpc) is 2.73. The van der Waals surface area contributed by atoms with Gasteiger partial charge in [0.1, 0.15) is 6.10 Å². The van der Waals surface area contributed by atoms with E-state index in [9.17, 15) is 14.7 Å². The van der Waals surface area contributed by atoms with E-state index in [4.69, 9.17) is 4.74 Å². The number of rotatable bonds is 17. The predicted molar refractivity (Wildman–Crippen MR) is 123 cm³/mol. The largest absolute Gasteiger partial charge is 0.481 e. The second-order valence-electron chi connectivity index (χ2n) is 9.48. The Labute approximate surface area is 185 Å². The zero-order chi connectivity index (χ0) is 22.2. The van der Waals surface area contributed by atoms with E-state index >= 15 is 0 Å². The topological polar surface area (TPSA) is 63.6 Å². The molecular weight excluding hydrogens is 376 g/mol. The second-order valence-corrected chi connectivity index (χ2v) is 9.48. The molecule has 0 aliphatic heterocycles. The summed E-state index contributed by atoms with van der Waals surface area (Å²) in [6, 6.07) is 0. The minimum absolute atomic E-state index is 0.0475. The van der Waals surface area contributed by atoms with Crippen molar-refractivity contribution in [3.8, 4) is 0 Å². The molecule has 1 saturated carbocycles. The van der Waals surface area contributed by atoms with Crippen LogP contribution >= 0.6 is 0 Å². The molecule has 0 aromatic carbocycles. The summed E-state index contributed by atoms with van der Waals surface area (Å²) in [5.74, 6) is -1.49. The molecule has 30 heavy (non-hydrogen) atoms. The maximum atomic E-state index is 13.0. The van der Waals surface area contributed by atoms with Crippen molar-refractivity contribution in [1.82, 2.24) is 0 Å². The van der Waals surface area contributed by atoms with Gasteiger partial charge < -0.3 is 9.84 Å². The highest BCUT2D eigenvalue weighted by molar-refractivity contribution is 5.81. The van der Waals surface area contributed by atoms with Gasteiger partial charge in [0.25, 0.3) is 0 Å². The summed E-state index contributed by atoms with van der Waals surface area (Å²) in [6.45, 7) is 6.69. The maximum absolute atomic E-state index is 13.0. The Hall–Kier alpha value is -1.06. The Morgan fingerprint density at radius 2 is 1.40 bits per heavy atom.